The summed E-state index contributed by atoms with van der Waals surface area (Å²) in [6.45, 7) is 0. The summed E-state index contributed by atoms with van der Waals surface area (Å²) in [5.74, 6) is 1.76. The Kier molecular flexibility index (Phi) is 5.40. The topological polar surface area (TPSA) is 67.3 Å². The Labute approximate surface area is 181 Å². The second kappa shape index (κ2) is 8.64. The Morgan fingerprint density at radius 1 is 0.903 bits per heavy atom. The number of aromatic hydroxyl groups is 1. The molecule has 0 bridgehead atoms. The normalized spacial score (nSPS) is 15.1. The van der Waals surface area contributed by atoms with E-state index in [4.69, 9.17) is 4.74 Å². The van der Waals surface area contributed by atoms with Crippen LogP contribution < -0.4 is 10.1 Å². The van der Waals surface area contributed by atoms with Crippen molar-refractivity contribution >= 4 is 16.7 Å². The Morgan fingerprint density at radius 2 is 1.77 bits per heavy atom. The number of hydrogen-bond acceptors (Lipinski definition) is 5. The fourth-order valence-electron chi connectivity index (χ4n) is 4.28. The quantitative estimate of drug-likeness (QED) is 0.416. The lowest BCUT2D eigenvalue weighted by Crippen LogP contribution is -2.15. The number of fused-ring (bicyclic) bond motifs is 1. The van der Waals surface area contributed by atoms with Gasteiger partial charge < -0.3 is 15.2 Å². The van der Waals surface area contributed by atoms with Crippen LogP contribution in [0.15, 0.2) is 79.1 Å². The van der Waals surface area contributed by atoms with Gasteiger partial charge in [0.1, 0.15) is 22.8 Å². The first kappa shape index (κ1) is 19.4. The van der Waals surface area contributed by atoms with Gasteiger partial charge in [0, 0.05) is 23.3 Å². The third-order valence-corrected chi connectivity index (χ3v) is 5.84. The zero-order valence-corrected chi connectivity index (χ0v) is 17.2. The third-order valence-electron chi connectivity index (χ3n) is 5.84. The smallest absolute Gasteiger partial charge is 0.147 e. The molecule has 2 N–H and O–H groups in total. The van der Waals surface area contributed by atoms with Crippen molar-refractivity contribution in [2.75, 3.05) is 5.32 Å². The summed E-state index contributed by atoms with van der Waals surface area (Å²) in [6.07, 6.45) is 8.41. The molecule has 1 fully saturated rings. The molecule has 0 saturated heterocycles. The van der Waals surface area contributed by atoms with Crippen molar-refractivity contribution in [3.8, 4) is 11.5 Å². The Hall–Kier alpha value is -3.60. The van der Waals surface area contributed by atoms with E-state index in [1.807, 2.05) is 60.7 Å². The number of rotatable bonds is 6. The second-order valence-electron chi connectivity index (χ2n) is 7.97. The van der Waals surface area contributed by atoms with E-state index in [2.05, 4.69) is 21.4 Å². The maximum Gasteiger partial charge on any atom is 0.147 e. The third kappa shape index (κ3) is 4.17. The number of phenols is 1. The summed E-state index contributed by atoms with van der Waals surface area (Å²) in [6, 6.07) is 21.3. The van der Waals surface area contributed by atoms with Gasteiger partial charge in [-0.05, 0) is 61.6 Å². The van der Waals surface area contributed by atoms with Gasteiger partial charge in [0.15, 0.2) is 0 Å². The summed E-state index contributed by atoms with van der Waals surface area (Å²) in [7, 11) is 0. The van der Waals surface area contributed by atoms with Crippen molar-refractivity contribution in [2.45, 2.75) is 37.8 Å². The van der Waals surface area contributed by atoms with Crippen LogP contribution in [0, 0.1) is 0 Å². The molecule has 1 aliphatic carbocycles. The zero-order chi connectivity index (χ0) is 21.0. The van der Waals surface area contributed by atoms with Gasteiger partial charge in [0.05, 0.1) is 12.1 Å². The number of nitrogens with zero attached hydrogens (tertiary/aromatic N) is 2. The van der Waals surface area contributed by atoms with E-state index in [0.29, 0.717) is 5.52 Å². The first-order valence-corrected chi connectivity index (χ1v) is 10.8. The van der Waals surface area contributed by atoms with E-state index < -0.39 is 0 Å². The van der Waals surface area contributed by atoms with E-state index in [1.54, 1.807) is 12.4 Å². The molecule has 0 unspecified atom stereocenters. The van der Waals surface area contributed by atoms with Gasteiger partial charge in [-0.3, -0.25) is 4.98 Å². The highest BCUT2D eigenvalue weighted by atomic mass is 16.5. The number of ether oxygens (including phenoxy) is 1. The first-order chi connectivity index (χ1) is 15.3. The van der Waals surface area contributed by atoms with Crippen molar-refractivity contribution in [2.24, 2.45) is 0 Å². The summed E-state index contributed by atoms with van der Waals surface area (Å²) in [4.78, 5) is 8.82. The van der Waals surface area contributed by atoms with Crippen LogP contribution in [0.2, 0.25) is 0 Å². The van der Waals surface area contributed by atoms with Crippen LogP contribution in [-0.2, 0) is 0 Å². The molecular weight excluding hydrogens is 386 g/mol. The van der Waals surface area contributed by atoms with Gasteiger partial charge in [-0.2, -0.15) is 0 Å². The van der Waals surface area contributed by atoms with E-state index in [-0.39, 0.29) is 17.9 Å². The Morgan fingerprint density at radius 3 is 2.61 bits per heavy atom. The molecule has 4 aromatic rings. The molecule has 0 radical (unpaired) electrons. The highest BCUT2D eigenvalue weighted by molar-refractivity contribution is 5.86. The lowest BCUT2D eigenvalue weighted by atomic mass is 9.96. The number of nitrogens with one attached hydrogen (secondary N) is 1. The van der Waals surface area contributed by atoms with Gasteiger partial charge in [-0.25, -0.2) is 4.98 Å². The fourth-order valence-corrected chi connectivity index (χ4v) is 4.28. The van der Waals surface area contributed by atoms with Crippen molar-refractivity contribution in [3.05, 3.63) is 90.3 Å². The standard InChI is InChI=1S/C26H25N3O2/c30-26-22(14-13-18-8-6-16-28-25(18)26)24(29-23-12-3-4-15-27-23)19-7-5-11-21(17-19)31-20-9-1-2-10-20/h3-8,11-17,20,24,30H,1-2,9-10H2,(H,27,29)/t24-/m1/s1. The molecular formula is C26H25N3O2. The monoisotopic (exact) mass is 411 g/mol. The lowest BCUT2D eigenvalue weighted by molar-refractivity contribution is 0.210. The number of phenolic OH excluding ortho intramolecular Hbond substituents is 1. The largest absolute Gasteiger partial charge is 0.505 e. The fraction of sp³-hybridized carbons (Fsp3) is 0.231. The number of pyridine rings is 2. The molecule has 31 heavy (non-hydrogen) atoms. The molecule has 156 valence electrons. The molecule has 1 aliphatic rings. The van der Waals surface area contributed by atoms with Crippen molar-refractivity contribution in [1.29, 1.82) is 0 Å². The van der Waals surface area contributed by atoms with Crippen LogP contribution in [-0.4, -0.2) is 21.2 Å². The first-order valence-electron chi connectivity index (χ1n) is 10.8. The minimum Gasteiger partial charge on any atom is -0.505 e. The van der Waals surface area contributed by atoms with Crippen LogP contribution >= 0.6 is 0 Å². The van der Waals surface area contributed by atoms with Crippen LogP contribution in [0.1, 0.15) is 42.9 Å². The molecule has 1 saturated carbocycles. The van der Waals surface area contributed by atoms with E-state index >= 15 is 0 Å². The van der Waals surface area contributed by atoms with Crippen LogP contribution in [0.25, 0.3) is 10.9 Å². The maximum absolute atomic E-state index is 11.1. The molecule has 2 heterocycles. The van der Waals surface area contributed by atoms with Crippen molar-refractivity contribution < 1.29 is 9.84 Å². The summed E-state index contributed by atoms with van der Waals surface area (Å²) in [5, 5.41) is 15.5. The van der Waals surface area contributed by atoms with E-state index in [1.165, 1.54) is 12.8 Å². The Bertz CT molecular complexity index is 1170. The predicted octanol–water partition coefficient (Wildman–Crippen LogP) is 5.86. The highest BCUT2D eigenvalue weighted by Gasteiger charge is 2.22. The van der Waals surface area contributed by atoms with Gasteiger partial charge in [-0.1, -0.05) is 36.4 Å². The van der Waals surface area contributed by atoms with Crippen molar-refractivity contribution in [3.63, 3.8) is 0 Å². The number of aromatic nitrogens is 2. The maximum atomic E-state index is 11.1. The average molecular weight is 412 g/mol. The summed E-state index contributed by atoms with van der Waals surface area (Å²) in [5.41, 5.74) is 2.33. The van der Waals surface area contributed by atoms with Crippen LogP contribution in [0.3, 0.4) is 0 Å². The molecule has 5 heteroatoms. The van der Waals surface area contributed by atoms with Crippen molar-refractivity contribution in [1.82, 2.24) is 9.97 Å². The lowest BCUT2D eigenvalue weighted by Gasteiger charge is -2.23. The second-order valence-corrected chi connectivity index (χ2v) is 7.97. The molecule has 5 nitrogen and oxygen atoms in total. The molecule has 0 spiro atoms. The molecule has 0 aliphatic heterocycles. The molecule has 0 amide bonds. The van der Waals surface area contributed by atoms with Gasteiger partial charge in [0.2, 0.25) is 0 Å². The Balaban J connectivity index is 1.56. The molecule has 5 rings (SSSR count). The number of anilines is 1. The predicted molar refractivity (Wildman–Crippen MR) is 122 cm³/mol. The molecule has 2 aromatic carbocycles. The minimum atomic E-state index is -0.312. The van der Waals surface area contributed by atoms with Crippen LogP contribution in [0.4, 0.5) is 5.82 Å². The molecule has 1 atom stereocenters. The van der Waals surface area contributed by atoms with Gasteiger partial charge in [-0.15, -0.1) is 0 Å². The highest BCUT2D eigenvalue weighted by Crippen LogP contribution is 2.37. The minimum absolute atomic E-state index is 0.175. The van der Waals surface area contributed by atoms with E-state index in [9.17, 15) is 5.11 Å². The zero-order valence-electron chi connectivity index (χ0n) is 17.2. The average Bonchev–Trinajstić information content (AvgIpc) is 3.32. The van der Waals surface area contributed by atoms with Gasteiger partial charge in [0.25, 0.3) is 0 Å². The number of benzene rings is 2. The van der Waals surface area contributed by atoms with E-state index in [0.717, 1.165) is 40.9 Å². The summed E-state index contributed by atoms with van der Waals surface area (Å²) >= 11 is 0. The van der Waals surface area contributed by atoms with Gasteiger partial charge >= 0.3 is 0 Å². The summed E-state index contributed by atoms with van der Waals surface area (Å²) < 4.78 is 6.23. The van der Waals surface area contributed by atoms with Crippen LogP contribution in [0.5, 0.6) is 11.5 Å². The number of hydrogen-bond donors (Lipinski definition) is 2. The SMILES string of the molecule is Oc1c([C@H](Nc2ccccn2)c2cccc(OC3CCCC3)c2)ccc2cccnc12. The molecule has 2 aromatic heterocycles.